The molecule has 0 unspecified atom stereocenters. The van der Waals surface area contributed by atoms with Crippen LogP contribution < -0.4 is 5.32 Å². The molecule has 1 atom stereocenters. The van der Waals surface area contributed by atoms with E-state index in [1.807, 2.05) is 6.07 Å². The molecule has 0 amide bonds. The summed E-state index contributed by atoms with van der Waals surface area (Å²) in [6.45, 7) is 1.23. The molecule has 1 aromatic carbocycles. The van der Waals surface area contributed by atoms with Crippen molar-refractivity contribution in [2.24, 2.45) is 0 Å². The zero-order valence-corrected chi connectivity index (χ0v) is 12.2. The van der Waals surface area contributed by atoms with Gasteiger partial charge in [0.2, 0.25) is 17.5 Å². The van der Waals surface area contributed by atoms with Crippen LogP contribution in [0.4, 0.5) is 11.6 Å². The Hall–Kier alpha value is -2.92. The molecule has 118 valence electrons. The molecule has 1 N–H and O–H groups in total. The van der Waals surface area contributed by atoms with E-state index in [1.54, 1.807) is 12.1 Å². The second-order valence-corrected chi connectivity index (χ2v) is 5.10. The summed E-state index contributed by atoms with van der Waals surface area (Å²) in [7, 11) is 0. The third kappa shape index (κ3) is 3.14. The van der Waals surface area contributed by atoms with Crippen molar-refractivity contribution in [1.82, 2.24) is 4.98 Å². The summed E-state index contributed by atoms with van der Waals surface area (Å²) < 4.78 is 11.0. The quantitative estimate of drug-likeness (QED) is 0.666. The maximum Gasteiger partial charge on any atom is 0.282 e. The summed E-state index contributed by atoms with van der Waals surface area (Å²) in [6, 6.07) is 8.05. The zero-order chi connectivity index (χ0) is 16.2. The molecule has 8 nitrogen and oxygen atoms in total. The highest BCUT2D eigenvalue weighted by molar-refractivity contribution is 5.68. The van der Waals surface area contributed by atoms with Crippen LogP contribution in [0.2, 0.25) is 0 Å². The van der Waals surface area contributed by atoms with Crippen molar-refractivity contribution in [2.45, 2.75) is 18.9 Å². The van der Waals surface area contributed by atoms with Gasteiger partial charge in [0.25, 0.3) is 5.69 Å². The largest absolute Gasteiger partial charge is 0.419 e. The van der Waals surface area contributed by atoms with Gasteiger partial charge in [0.1, 0.15) is 11.6 Å². The maximum atomic E-state index is 11.1. The molecular weight excluding hydrogens is 300 g/mol. The molecule has 1 aliphatic heterocycles. The van der Waals surface area contributed by atoms with Crippen molar-refractivity contribution in [3.8, 4) is 17.5 Å². The number of benzene rings is 1. The van der Waals surface area contributed by atoms with E-state index in [-0.39, 0.29) is 34.8 Å². The average Bonchev–Trinajstić information content (AvgIpc) is 3.22. The molecular formula is C15H14N4O4. The second kappa shape index (κ2) is 6.46. The number of rotatable bonds is 5. The first-order valence-electron chi connectivity index (χ1n) is 7.19. The van der Waals surface area contributed by atoms with Crippen molar-refractivity contribution >= 4 is 11.6 Å². The second-order valence-electron chi connectivity index (χ2n) is 5.10. The highest BCUT2D eigenvalue weighted by Crippen LogP contribution is 2.32. The third-order valence-corrected chi connectivity index (χ3v) is 3.58. The topological polar surface area (TPSA) is 114 Å². The first kappa shape index (κ1) is 15.0. The first-order chi connectivity index (χ1) is 11.2. The number of nitrogens with one attached hydrogen (secondary N) is 1. The molecule has 1 fully saturated rings. The number of nitrogens with zero attached hydrogens (tertiary/aromatic N) is 3. The Morgan fingerprint density at radius 3 is 3.00 bits per heavy atom. The van der Waals surface area contributed by atoms with Gasteiger partial charge in [0, 0.05) is 19.2 Å². The fourth-order valence-electron chi connectivity index (χ4n) is 2.46. The summed E-state index contributed by atoms with van der Waals surface area (Å²) in [5, 5.41) is 23.3. The van der Waals surface area contributed by atoms with Gasteiger partial charge in [-0.25, -0.2) is 0 Å². The van der Waals surface area contributed by atoms with E-state index >= 15 is 0 Å². The van der Waals surface area contributed by atoms with Gasteiger partial charge in [0.15, 0.2) is 0 Å². The van der Waals surface area contributed by atoms with E-state index in [9.17, 15) is 15.4 Å². The van der Waals surface area contributed by atoms with Gasteiger partial charge in [-0.3, -0.25) is 10.1 Å². The van der Waals surface area contributed by atoms with E-state index in [1.165, 1.54) is 12.1 Å². The van der Waals surface area contributed by atoms with Crippen LogP contribution in [0.25, 0.3) is 11.5 Å². The number of oxazole rings is 1. The summed E-state index contributed by atoms with van der Waals surface area (Å²) >= 11 is 0. The smallest absolute Gasteiger partial charge is 0.282 e. The summed E-state index contributed by atoms with van der Waals surface area (Å²) in [6.07, 6.45) is 2.02. The van der Waals surface area contributed by atoms with Gasteiger partial charge in [-0.15, -0.1) is 0 Å². The number of nitriles is 1. The van der Waals surface area contributed by atoms with Crippen LogP contribution in [0.5, 0.6) is 0 Å². The summed E-state index contributed by atoms with van der Waals surface area (Å²) in [4.78, 5) is 14.6. The summed E-state index contributed by atoms with van der Waals surface area (Å²) in [5.41, 5.74) is 0.180. The molecule has 2 heterocycles. The maximum absolute atomic E-state index is 11.1. The lowest BCUT2D eigenvalue weighted by molar-refractivity contribution is -0.384. The Kier molecular flexibility index (Phi) is 4.21. The molecule has 1 saturated heterocycles. The number of para-hydroxylation sites is 1. The number of hydrogen-bond acceptors (Lipinski definition) is 7. The Morgan fingerprint density at radius 2 is 2.30 bits per heavy atom. The molecule has 0 bridgehead atoms. The van der Waals surface area contributed by atoms with Crippen LogP contribution in [0.15, 0.2) is 28.7 Å². The van der Waals surface area contributed by atoms with Crippen molar-refractivity contribution in [2.75, 3.05) is 18.5 Å². The van der Waals surface area contributed by atoms with E-state index in [4.69, 9.17) is 9.15 Å². The normalized spacial score (nSPS) is 16.9. The fraction of sp³-hybridized carbons (Fsp3) is 0.333. The lowest BCUT2D eigenvalue weighted by Gasteiger charge is -2.09. The van der Waals surface area contributed by atoms with Crippen molar-refractivity contribution < 1.29 is 14.1 Å². The molecule has 0 aliphatic carbocycles. The number of aromatic nitrogens is 1. The van der Waals surface area contributed by atoms with Gasteiger partial charge < -0.3 is 14.5 Å². The molecule has 0 radical (unpaired) electrons. The van der Waals surface area contributed by atoms with E-state index < -0.39 is 4.92 Å². The highest BCUT2D eigenvalue weighted by atomic mass is 16.6. The molecule has 23 heavy (non-hydrogen) atoms. The molecule has 1 aromatic heterocycles. The fourth-order valence-corrected chi connectivity index (χ4v) is 2.46. The van der Waals surface area contributed by atoms with Gasteiger partial charge in [0.05, 0.1) is 11.0 Å². The number of anilines is 1. The molecule has 0 saturated carbocycles. The van der Waals surface area contributed by atoms with Crippen LogP contribution in [0.3, 0.4) is 0 Å². The summed E-state index contributed by atoms with van der Waals surface area (Å²) in [5.74, 6) is 0.250. The average molecular weight is 314 g/mol. The Labute approximate surface area is 131 Å². The third-order valence-electron chi connectivity index (χ3n) is 3.58. The molecule has 8 heteroatoms. The van der Waals surface area contributed by atoms with Crippen molar-refractivity contribution in [1.29, 1.82) is 5.26 Å². The number of nitro benzene ring substituents is 1. The number of hydrogen-bond donors (Lipinski definition) is 1. The molecule has 2 aromatic rings. The van der Waals surface area contributed by atoms with Gasteiger partial charge in [-0.2, -0.15) is 10.2 Å². The Bertz CT molecular complexity index is 759. The predicted octanol–water partition coefficient (Wildman–Crippen LogP) is 2.71. The Balaban J connectivity index is 1.87. The minimum atomic E-state index is -0.509. The van der Waals surface area contributed by atoms with Crippen LogP contribution in [-0.2, 0) is 4.74 Å². The van der Waals surface area contributed by atoms with E-state index in [0.717, 1.165) is 19.4 Å². The monoisotopic (exact) mass is 314 g/mol. The van der Waals surface area contributed by atoms with Gasteiger partial charge in [-0.1, -0.05) is 12.1 Å². The molecule has 0 spiro atoms. The van der Waals surface area contributed by atoms with Crippen LogP contribution in [-0.4, -0.2) is 29.2 Å². The van der Waals surface area contributed by atoms with Gasteiger partial charge >= 0.3 is 0 Å². The first-order valence-corrected chi connectivity index (χ1v) is 7.19. The van der Waals surface area contributed by atoms with Crippen LogP contribution in [0, 0.1) is 21.4 Å². The van der Waals surface area contributed by atoms with Gasteiger partial charge in [-0.05, 0) is 18.9 Å². The minimum absolute atomic E-state index is 0.0451. The minimum Gasteiger partial charge on any atom is -0.419 e. The molecule has 3 rings (SSSR count). The van der Waals surface area contributed by atoms with Crippen LogP contribution in [0.1, 0.15) is 18.5 Å². The zero-order valence-electron chi connectivity index (χ0n) is 12.2. The standard InChI is InChI=1S/C15H14N4O4/c16-8-12-15(17-9-10-4-3-7-22-10)23-14(18-12)11-5-1-2-6-13(11)19(20)21/h1-2,5-6,10,17H,3-4,7,9H2/t10-/m0/s1. The highest BCUT2D eigenvalue weighted by Gasteiger charge is 2.23. The predicted molar refractivity (Wildman–Crippen MR) is 80.8 cm³/mol. The Morgan fingerprint density at radius 1 is 1.48 bits per heavy atom. The number of ether oxygens (including phenoxy) is 1. The molecule has 1 aliphatic rings. The lowest BCUT2D eigenvalue weighted by atomic mass is 10.2. The van der Waals surface area contributed by atoms with E-state index in [0.29, 0.717) is 6.54 Å². The SMILES string of the molecule is N#Cc1nc(-c2ccccc2[N+](=O)[O-])oc1NC[C@@H]1CCCO1. The van der Waals surface area contributed by atoms with Crippen molar-refractivity contribution in [3.63, 3.8) is 0 Å². The van der Waals surface area contributed by atoms with Crippen LogP contribution >= 0.6 is 0 Å². The lowest BCUT2D eigenvalue weighted by Crippen LogP contribution is -2.18. The number of nitro groups is 1. The van der Waals surface area contributed by atoms with Crippen molar-refractivity contribution in [3.05, 3.63) is 40.1 Å². The van der Waals surface area contributed by atoms with E-state index in [2.05, 4.69) is 10.3 Å².